The normalized spacial score (nSPS) is 17.6. The molecule has 1 aliphatic heterocycles. The van der Waals surface area contributed by atoms with Crippen LogP contribution in [0, 0.1) is 0 Å². The van der Waals surface area contributed by atoms with Crippen molar-refractivity contribution < 1.29 is 24.2 Å². The first-order valence-electron chi connectivity index (χ1n) is 10.4. The van der Waals surface area contributed by atoms with E-state index in [1.54, 1.807) is 25.3 Å². The maximum atomic E-state index is 13.6. The Morgan fingerprint density at radius 3 is 2.42 bits per heavy atom. The smallest absolute Gasteiger partial charge is 0.326 e. The lowest BCUT2D eigenvalue weighted by Crippen LogP contribution is -2.42. The molecule has 170 valence electrons. The summed E-state index contributed by atoms with van der Waals surface area (Å²) in [7, 11) is 3.06. The van der Waals surface area contributed by atoms with Crippen LogP contribution >= 0.6 is 11.6 Å². The van der Waals surface area contributed by atoms with Crippen molar-refractivity contribution in [3.63, 3.8) is 0 Å². The highest BCUT2D eigenvalue weighted by Gasteiger charge is 2.42. The van der Waals surface area contributed by atoms with Gasteiger partial charge in [-0.15, -0.1) is 0 Å². The Balaban J connectivity index is 1.75. The van der Waals surface area contributed by atoms with E-state index in [0.29, 0.717) is 35.1 Å². The average molecular weight is 467 g/mol. The third-order valence-electron chi connectivity index (χ3n) is 5.85. The van der Waals surface area contributed by atoms with Crippen LogP contribution in [0.3, 0.4) is 0 Å². The van der Waals surface area contributed by atoms with Crippen molar-refractivity contribution in [3.8, 4) is 22.8 Å². The number of pyridine rings is 1. The molecule has 0 bridgehead atoms. The Morgan fingerprint density at radius 1 is 1.03 bits per heavy atom. The molecule has 4 rings (SSSR count). The van der Waals surface area contributed by atoms with Gasteiger partial charge in [-0.2, -0.15) is 0 Å². The lowest BCUT2D eigenvalue weighted by molar-refractivity contribution is -0.141. The molecule has 1 fully saturated rings. The van der Waals surface area contributed by atoms with Gasteiger partial charge in [0.05, 0.1) is 25.8 Å². The number of hydrogen-bond donors (Lipinski definition) is 1. The molecular formula is C25H23ClN2O5. The molecule has 1 aromatic heterocycles. The molecule has 0 saturated carbocycles. The van der Waals surface area contributed by atoms with E-state index in [9.17, 15) is 14.7 Å². The van der Waals surface area contributed by atoms with Gasteiger partial charge >= 0.3 is 5.97 Å². The first kappa shape index (κ1) is 22.6. The molecule has 1 saturated heterocycles. The lowest BCUT2D eigenvalue weighted by atomic mass is 10.0. The number of carboxylic acid groups (broad SMARTS) is 1. The highest BCUT2D eigenvalue weighted by atomic mass is 35.5. The van der Waals surface area contributed by atoms with Gasteiger partial charge in [-0.1, -0.05) is 41.9 Å². The monoisotopic (exact) mass is 466 g/mol. The third-order valence-corrected chi connectivity index (χ3v) is 6.19. The number of para-hydroxylation sites is 1. The van der Waals surface area contributed by atoms with Gasteiger partial charge in [0.25, 0.3) is 5.91 Å². The topological polar surface area (TPSA) is 89.0 Å². The van der Waals surface area contributed by atoms with E-state index in [0.717, 1.165) is 11.1 Å². The number of hydrogen-bond acceptors (Lipinski definition) is 5. The van der Waals surface area contributed by atoms with Gasteiger partial charge in [-0.25, -0.2) is 4.79 Å². The molecule has 0 aliphatic carbocycles. The highest BCUT2D eigenvalue weighted by molar-refractivity contribution is 6.31. The first-order valence-corrected chi connectivity index (χ1v) is 10.8. The molecule has 0 spiro atoms. The molecule has 2 atom stereocenters. The van der Waals surface area contributed by atoms with Crippen LogP contribution in [-0.2, 0) is 4.79 Å². The van der Waals surface area contributed by atoms with Crippen LogP contribution in [0.5, 0.6) is 11.5 Å². The number of nitrogens with zero attached hydrogens (tertiary/aromatic N) is 2. The largest absolute Gasteiger partial charge is 0.496 e. The Kier molecular flexibility index (Phi) is 6.51. The van der Waals surface area contributed by atoms with Crippen LogP contribution in [0.2, 0.25) is 5.02 Å². The molecule has 7 nitrogen and oxygen atoms in total. The van der Waals surface area contributed by atoms with E-state index in [-0.39, 0.29) is 5.56 Å². The summed E-state index contributed by atoms with van der Waals surface area (Å²) in [6.45, 7) is 0. The molecule has 0 unspecified atom stereocenters. The van der Waals surface area contributed by atoms with Crippen molar-refractivity contribution in [2.75, 3.05) is 14.2 Å². The number of aromatic nitrogens is 1. The molecule has 3 aromatic rings. The lowest BCUT2D eigenvalue weighted by Gasteiger charge is -2.29. The van der Waals surface area contributed by atoms with Crippen molar-refractivity contribution in [3.05, 3.63) is 76.9 Å². The molecule has 2 aromatic carbocycles. The van der Waals surface area contributed by atoms with Gasteiger partial charge in [0.1, 0.15) is 23.2 Å². The van der Waals surface area contributed by atoms with Crippen molar-refractivity contribution >= 4 is 23.5 Å². The van der Waals surface area contributed by atoms with Crippen LogP contribution in [-0.4, -0.2) is 47.1 Å². The maximum Gasteiger partial charge on any atom is 0.326 e. The summed E-state index contributed by atoms with van der Waals surface area (Å²) >= 11 is 6.38. The van der Waals surface area contributed by atoms with Gasteiger partial charge in [0.2, 0.25) is 0 Å². The van der Waals surface area contributed by atoms with Crippen molar-refractivity contribution in [2.24, 2.45) is 0 Å². The second-order valence-electron chi connectivity index (χ2n) is 7.66. The molecule has 33 heavy (non-hydrogen) atoms. The summed E-state index contributed by atoms with van der Waals surface area (Å²) in [5.74, 6) is -0.497. The van der Waals surface area contributed by atoms with Gasteiger partial charge in [0, 0.05) is 16.8 Å². The molecule has 8 heteroatoms. The van der Waals surface area contributed by atoms with Gasteiger partial charge < -0.3 is 19.5 Å². The molecule has 2 heterocycles. The minimum absolute atomic E-state index is 0.232. The zero-order valence-corrected chi connectivity index (χ0v) is 19.0. The summed E-state index contributed by atoms with van der Waals surface area (Å²) in [6, 6.07) is 14.7. The SMILES string of the molecule is COc1ccccc1-c1ncc(C(=O)N2[C@@H](c3ccccc3Cl)CC[C@H]2C(=O)O)cc1OC. The highest BCUT2D eigenvalue weighted by Crippen LogP contribution is 2.41. The van der Waals surface area contributed by atoms with Crippen molar-refractivity contribution in [1.82, 2.24) is 9.88 Å². The van der Waals surface area contributed by atoms with E-state index in [1.807, 2.05) is 36.4 Å². The fourth-order valence-electron chi connectivity index (χ4n) is 4.30. The summed E-state index contributed by atoms with van der Waals surface area (Å²) in [6.07, 6.45) is 2.27. The van der Waals surface area contributed by atoms with Crippen molar-refractivity contribution in [2.45, 2.75) is 24.9 Å². The minimum atomic E-state index is -1.05. The number of rotatable bonds is 6. The minimum Gasteiger partial charge on any atom is -0.496 e. The fourth-order valence-corrected chi connectivity index (χ4v) is 4.56. The number of methoxy groups -OCH3 is 2. The zero-order chi connectivity index (χ0) is 23.5. The second-order valence-corrected chi connectivity index (χ2v) is 8.06. The fraction of sp³-hybridized carbons (Fsp3) is 0.240. The quantitative estimate of drug-likeness (QED) is 0.558. The Morgan fingerprint density at radius 2 is 1.73 bits per heavy atom. The van der Waals surface area contributed by atoms with Crippen LogP contribution < -0.4 is 9.47 Å². The van der Waals surface area contributed by atoms with Crippen LogP contribution in [0.15, 0.2) is 60.8 Å². The third kappa shape index (κ3) is 4.24. The number of carbonyl (C=O) groups excluding carboxylic acids is 1. The molecule has 0 radical (unpaired) electrons. The van der Waals surface area contributed by atoms with Crippen molar-refractivity contribution in [1.29, 1.82) is 0 Å². The molecule has 1 aliphatic rings. The average Bonchev–Trinajstić information content (AvgIpc) is 3.28. The first-order chi connectivity index (χ1) is 16.0. The van der Waals surface area contributed by atoms with Crippen LogP contribution in [0.4, 0.5) is 0 Å². The number of carbonyl (C=O) groups is 2. The number of carboxylic acids is 1. The van der Waals surface area contributed by atoms with Gasteiger partial charge in [0.15, 0.2) is 0 Å². The van der Waals surface area contributed by atoms with Gasteiger partial charge in [-0.05, 0) is 42.7 Å². The van der Waals surface area contributed by atoms with Gasteiger partial charge in [-0.3, -0.25) is 9.78 Å². The second kappa shape index (κ2) is 9.50. The molecule has 1 N–H and O–H groups in total. The number of benzene rings is 2. The number of halogens is 1. The van der Waals surface area contributed by atoms with E-state index in [1.165, 1.54) is 18.2 Å². The van der Waals surface area contributed by atoms with Crippen LogP contribution in [0.1, 0.15) is 34.8 Å². The van der Waals surface area contributed by atoms with E-state index >= 15 is 0 Å². The number of ether oxygens (including phenoxy) is 2. The summed E-state index contributed by atoms with van der Waals surface area (Å²) < 4.78 is 11.0. The summed E-state index contributed by atoms with van der Waals surface area (Å²) in [5.41, 5.74) is 2.19. The predicted octanol–water partition coefficient (Wildman–Crippen LogP) is 4.85. The number of likely N-dealkylation sites (tertiary alicyclic amines) is 1. The Labute approximate surface area is 196 Å². The zero-order valence-electron chi connectivity index (χ0n) is 18.2. The van der Waals surface area contributed by atoms with E-state index < -0.39 is 24.0 Å². The Bertz CT molecular complexity index is 1200. The number of amides is 1. The summed E-state index contributed by atoms with van der Waals surface area (Å²) in [5, 5.41) is 10.3. The van der Waals surface area contributed by atoms with E-state index in [4.69, 9.17) is 21.1 Å². The van der Waals surface area contributed by atoms with E-state index in [2.05, 4.69) is 4.98 Å². The number of aliphatic carboxylic acids is 1. The predicted molar refractivity (Wildman–Crippen MR) is 124 cm³/mol. The molecule has 1 amide bonds. The Hall–Kier alpha value is -3.58. The summed E-state index contributed by atoms with van der Waals surface area (Å²) in [4.78, 5) is 31.4. The standard InChI is InChI=1S/C25H23ClN2O5/c1-32-21-10-6-4-8-17(21)23-22(33-2)13-15(14-27-23)24(29)28-19(11-12-20(28)25(30)31)16-7-3-5-9-18(16)26/h3-10,13-14,19-20H,11-12H2,1-2H3,(H,30,31)/t19-,20+/m1/s1. The molecular weight excluding hydrogens is 444 g/mol. The maximum absolute atomic E-state index is 13.6. The van der Waals surface area contributed by atoms with Crippen LogP contribution in [0.25, 0.3) is 11.3 Å².